The van der Waals surface area contributed by atoms with Crippen molar-refractivity contribution in [1.29, 1.82) is 0 Å². The molecule has 1 N–H and O–H groups in total. The van der Waals surface area contributed by atoms with Crippen molar-refractivity contribution in [2.75, 3.05) is 13.2 Å². The number of fused-ring (bicyclic) bond motifs is 2. The Morgan fingerprint density at radius 2 is 1.73 bits per heavy atom. The molecule has 2 heterocycles. The van der Waals surface area contributed by atoms with E-state index in [2.05, 4.69) is 26.0 Å². The van der Waals surface area contributed by atoms with Crippen LogP contribution in [0.3, 0.4) is 0 Å². The van der Waals surface area contributed by atoms with Crippen molar-refractivity contribution in [3.8, 4) is 0 Å². The SMILES string of the molecule is CC(C)(CO)CCC=CC[C@H]1[C@@H](CCOC2CCCCC2)[C@H]2CC[C@@H]1O2. The number of hydrogen-bond donors (Lipinski definition) is 1. The molecule has 0 aromatic carbocycles. The average Bonchev–Trinajstić information content (AvgIpc) is 3.24. The van der Waals surface area contributed by atoms with Crippen LogP contribution in [0.4, 0.5) is 0 Å². The van der Waals surface area contributed by atoms with Gasteiger partial charge in [-0.25, -0.2) is 0 Å². The summed E-state index contributed by atoms with van der Waals surface area (Å²) >= 11 is 0. The summed E-state index contributed by atoms with van der Waals surface area (Å²) < 4.78 is 12.4. The molecular weight excluding hydrogens is 324 g/mol. The van der Waals surface area contributed by atoms with Crippen molar-refractivity contribution in [1.82, 2.24) is 0 Å². The van der Waals surface area contributed by atoms with E-state index >= 15 is 0 Å². The highest BCUT2D eigenvalue weighted by atomic mass is 16.5. The second-order valence-corrected chi connectivity index (χ2v) is 9.61. The quantitative estimate of drug-likeness (QED) is 0.537. The van der Waals surface area contributed by atoms with Crippen molar-refractivity contribution in [2.24, 2.45) is 17.3 Å². The summed E-state index contributed by atoms with van der Waals surface area (Å²) in [5.74, 6) is 1.38. The van der Waals surface area contributed by atoms with Gasteiger partial charge in [-0.2, -0.15) is 0 Å². The van der Waals surface area contributed by atoms with Gasteiger partial charge in [0.2, 0.25) is 0 Å². The van der Waals surface area contributed by atoms with E-state index in [4.69, 9.17) is 9.47 Å². The topological polar surface area (TPSA) is 38.7 Å². The Kier molecular flexibility index (Phi) is 7.60. The first kappa shape index (κ1) is 20.4. The van der Waals surface area contributed by atoms with E-state index < -0.39 is 0 Å². The van der Waals surface area contributed by atoms with E-state index in [1.165, 1.54) is 51.4 Å². The number of aliphatic hydroxyl groups is 1. The largest absolute Gasteiger partial charge is 0.396 e. The highest BCUT2D eigenvalue weighted by Crippen LogP contribution is 2.46. The maximum absolute atomic E-state index is 9.35. The third-order valence-corrected chi connectivity index (χ3v) is 6.94. The van der Waals surface area contributed by atoms with Crippen LogP contribution in [0.25, 0.3) is 0 Å². The van der Waals surface area contributed by atoms with Crippen LogP contribution in [-0.2, 0) is 9.47 Å². The zero-order chi connectivity index (χ0) is 18.4. The standard InChI is InChI=1S/C23H40O3/c1-23(2,17-24)15-8-4-7-11-19-20(22-13-12-21(19)26-22)14-16-25-18-9-5-3-6-10-18/h4,7,18-22,24H,3,5-6,8-17H2,1-2H3/t19-,20+,21-,22+/m0/s1. The predicted molar refractivity (Wildman–Crippen MR) is 106 cm³/mol. The number of hydrogen-bond acceptors (Lipinski definition) is 3. The van der Waals surface area contributed by atoms with Gasteiger partial charge < -0.3 is 14.6 Å². The third-order valence-electron chi connectivity index (χ3n) is 6.94. The molecule has 26 heavy (non-hydrogen) atoms. The molecule has 0 unspecified atom stereocenters. The fourth-order valence-corrected chi connectivity index (χ4v) is 5.12. The van der Waals surface area contributed by atoms with Gasteiger partial charge in [-0.1, -0.05) is 45.3 Å². The minimum Gasteiger partial charge on any atom is -0.396 e. The lowest BCUT2D eigenvalue weighted by Gasteiger charge is -2.28. The number of aliphatic hydroxyl groups excluding tert-OH is 1. The van der Waals surface area contributed by atoms with Gasteiger partial charge >= 0.3 is 0 Å². The summed E-state index contributed by atoms with van der Waals surface area (Å²) in [6.45, 7) is 5.46. The average molecular weight is 365 g/mol. The van der Waals surface area contributed by atoms with Crippen LogP contribution < -0.4 is 0 Å². The van der Waals surface area contributed by atoms with E-state index in [1.807, 2.05) is 0 Å². The first-order valence-corrected chi connectivity index (χ1v) is 11.1. The summed E-state index contributed by atoms with van der Waals surface area (Å²) in [6, 6.07) is 0. The Bertz CT molecular complexity index is 439. The van der Waals surface area contributed by atoms with Gasteiger partial charge in [-0.05, 0) is 68.6 Å². The van der Waals surface area contributed by atoms with Crippen LogP contribution in [0.1, 0.15) is 84.5 Å². The van der Waals surface area contributed by atoms with E-state index in [0.717, 1.165) is 25.9 Å². The zero-order valence-corrected chi connectivity index (χ0v) is 17.0. The molecule has 0 spiro atoms. The minimum atomic E-state index is 0.0405. The zero-order valence-electron chi connectivity index (χ0n) is 17.0. The van der Waals surface area contributed by atoms with Gasteiger partial charge in [0.05, 0.1) is 18.3 Å². The molecule has 150 valence electrons. The van der Waals surface area contributed by atoms with Gasteiger partial charge in [0.15, 0.2) is 0 Å². The molecule has 0 aromatic heterocycles. The molecule has 0 amide bonds. The Morgan fingerprint density at radius 1 is 1.00 bits per heavy atom. The van der Waals surface area contributed by atoms with Gasteiger partial charge in [0, 0.05) is 13.2 Å². The van der Waals surface area contributed by atoms with Crippen molar-refractivity contribution in [3.05, 3.63) is 12.2 Å². The molecule has 3 aliphatic rings. The number of rotatable bonds is 10. The third kappa shape index (κ3) is 5.56. The van der Waals surface area contributed by atoms with E-state index in [0.29, 0.717) is 30.1 Å². The molecule has 3 fully saturated rings. The second-order valence-electron chi connectivity index (χ2n) is 9.61. The molecule has 2 saturated heterocycles. The Labute approximate surface area is 160 Å². The summed E-state index contributed by atoms with van der Waals surface area (Å²) in [6.07, 6.45) is 19.7. The summed E-state index contributed by atoms with van der Waals surface area (Å²) in [7, 11) is 0. The van der Waals surface area contributed by atoms with Crippen LogP contribution in [0.2, 0.25) is 0 Å². The van der Waals surface area contributed by atoms with Crippen LogP contribution >= 0.6 is 0 Å². The molecule has 0 radical (unpaired) electrons. The number of allylic oxidation sites excluding steroid dienone is 2. The highest BCUT2D eigenvalue weighted by molar-refractivity contribution is 4.99. The monoisotopic (exact) mass is 364 g/mol. The molecule has 4 atom stereocenters. The lowest BCUT2D eigenvalue weighted by Crippen LogP contribution is -2.29. The Balaban J connectivity index is 1.40. The van der Waals surface area contributed by atoms with Crippen LogP contribution in [-0.4, -0.2) is 36.6 Å². The number of ether oxygens (including phenoxy) is 2. The molecule has 2 aliphatic heterocycles. The van der Waals surface area contributed by atoms with Crippen LogP contribution in [0, 0.1) is 17.3 Å². The van der Waals surface area contributed by atoms with Gasteiger partial charge in [-0.15, -0.1) is 0 Å². The second kappa shape index (κ2) is 9.71. The van der Waals surface area contributed by atoms with Crippen molar-refractivity contribution >= 4 is 0 Å². The van der Waals surface area contributed by atoms with Crippen molar-refractivity contribution in [3.63, 3.8) is 0 Å². The Morgan fingerprint density at radius 3 is 2.46 bits per heavy atom. The van der Waals surface area contributed by atoms with Crippen molar-refractivity contribution in [2.45, 2.75) is 103 Å². The maximum Gasteiger partial charge on any atom is 0.0614 e. The van der Waals surface area contributed by atoms with E-state index in [1.54, 1.807) is 0 Å². The van der Waals surface area contributed by atoms with Gasteiger partial charge in [0.25, 0.3) is 0 Å². The van der Waals surface area contributed by atoms with Gasteiger partial charge in [-0.3, -0.25) is 0 Å². The molecule has 0 aromatic rings. The molecule has 3 nitrogen and oxygen atoms in total. The predicted octanol–water partition coefficient (Wildman–Crippen LogP) is 5.26. The molecular formula is C23H40O3. The lowest BCUT2D eigenvalue weighted by molar-refractivity contribution is 0.0135. The summed E-state index contributed by atoms with van der Waals surface area (Å²) in [5, 5.41) is 9.35. The van der Waals surface area contributed by atoms with Crippen LogP contribution in [0.5, 0.6) is 0 Å². The fraction of sp³-hybridized carbons (Fsp3) is 0.913. The fourth-order valence-electron chi connectivity index (χ4n) is 5.12. The van der Waals surface area contributed by atoms with E-state index in [-0.39, 0.29) is 12.0 Å². The van der Waals surface area contributed by atoms with E-state index in [9.17, 15) is 5.11 Å². The first-order chi connectivity index (χ1) is 12.6. The minimum absolute atomic E-state index is 0.0405. The summed E-state index contributed by atoms with van der Waals surface area (Å²) in [4.78, 5) is 0. The highest BCUT2D eigenvalue weighted by Gasteiger charge is 2.47. The molecule has 3 rings (SSSR count). The normalized spacial score (nSPS) is 32.7. The molecule has 1 aliphatic carbocycles. The maximum atomic E-state index is 9.35. The smallest absolute Gasteiger partial charge is 0.0614 e. The lowest BCUT2D eigenvalue weighted by atomic mass is 9.76. The first-order valence-electron chi connectivity index (χ1n) is 11.1. The molecule has 1 saturated carbocycles. The Hall–Kier alpha value is -0.380. The summed E-state index contributed by atoms with van der Waals surface area (Å²) in [5.41, 5.74) is 0.0405. The van der Waals surface area contributed by atoms with Crippen molar-refractivity contribution < 1.29 is 14.6 Å². The van der Waals surface area contributed by atoms with Gasteiger partial charge in [0.1, 0.15) is 0 Å². The van der Waals surface area contributed by atoms with Crippen LogP contribution in [0.15, 0.2) is 12.2 Å². The molecule has 2 bridgehead atoms. The molecule has 3 heteroatoms.